The van der Waals surface area contributed by atoms with Gasteiger partial charge in [0, 0.05) is 30.5 Å². The predicted octanol–water partition coefficient (Wildman–Crippen LogP) is 2.97. The van der Waals surface area contributed by atoms with Crippen LogP contribution in [0, 0.1) is 13.8 Å². The van der Waals surface area contributed by atoms with Crippen molar-refractivity contribution in [2.24, 2.45) is 0 Å². The third kappa shape index (κ3) is 3.57. The normalized spacial score (nSPS) is 21.4. The SMILES string of the molecule is COCC(C)n1c(C)cc(C(=O)CN2C(=O)NC3(CCc4ccccc4C3)C2=O)c1C. The molecule has 1 fully saturated rings. The molecular weight excluding hydrogens is 394 g/mol. The molecule has 2 atom stereocenters. The number of benzene rings is 1. The summed E-state index contributed by atoms with van der Waals surface area (Å²) in [6.07, 6.45) is 1.73. The molecule has 1 aromatic heterocycles. The molecule has 1 aliphatic carbocycles. The van der Waals surface area contributed by atoms with Gasteiger partial charge in [0.2, 0.25) is 0 Å². The second-order valence-electron chi connectivity index (χ2n) is 8.73. The second kappa shape index (κ2) is 7.96. The number of aryl methyl sites for hydroxylation is 2. The van der Waals surface area contributed by atoms with Crippen molar-refractivity contribution < 1.29 is 19.1 Å². The first-order valence-electron chi connectivity index (χ1n) is 10.7. The Bertz CT molecular complexity index is 1060. The molecular formula is C24H29N3O4. The molecule has 1 N–H and O–H groups in total. The fraction of sp³-hybridized carbons (Fsp3) is 0.458. The number of ketones is 1. The number of rotatable bonds is 6. The van der Waals surface area contributed by atoms with Crippen LogP contribution in [0.2, 0.25) is 0 Å². The number of hydrogen-bond acceptors (Lipinski definition) is 4. The van der Waals surface area contributed by atoms with E-state index in [9.17, 15) is 14.4 Å². The highest BCUT2D eigenvalue weighted by atomic mass is 16.5. The number of carbonyl (C=O) groups is 3. The highest BCUT2D eigenvalue weighted by molar-refractivity contribution is 6.11. The molecule has 1 spiro atoms. The molecule has 7 nitrogen and oxygen atoms in total. The molecule has 7 heteroatoms. The molecule has 1 aliphatic heterocycles. The van der Waals surface area contributed by atoms with Gasteiger partial charge in [0.05, 0.1) is 19.2 Å². The number of urea groups is 1. The zero-order valence-corrected chi connectivity index (χ0v) is 18.5. The van der Waals surface area contributed by atoms with E-state index in [2.05, 4.69) is 16.0 Å². The van der Waals surface area contributed by atoms with Crippen LogP contribution in [0.3, 0.4) is 0 Å². The van der Waals surface area contributed by atoms with Crippen LogP contribution in [0.5, 0.6) is 0 Å². The summed E-state index contributed by atoms with van der Waals surface area (Å²) in [6, 6.07) is 9.41. The predicted molar refractivity (Wildman–Crippen MR) is 116 cm³/mol. The number of carbonyl (C=O) groups excluding carboxylic acids is 3. The van der Waals surface area contributed by atoms with Gasteiger partial charge < -0.3 is 14.6 Å². The van der Waals surface area contributed by atoms with Crippen molar-refractivity contribution in [1.29, 1.82) is 0 Å². The van der Waals surface area contributed by atoms with Crippen molar-refractivity contribution >= 4 is 17.7 Å². The van der Waals surface area contributed by atoms with Crippen LogP contribution in [0.25, 0.3) is 0 Å². The topological polar surface area (TPSA) is 80.6 Å². The molecule has 0 bridgehead atoms. The quantitative estimate of drug-likeness (QED) is 0.572. The minimum Gasteiger partial charge on any atom is -0.383 e. The standard InChI is InChI=1S/C24H29N3O4/c1-15-11-20(17(3)27(15)16(2)14-31-4)21(28)13-26-22(29)24(25-23(26)30)10-9-18-7-5-6-8-19(18)12-24/h5-8,11,16H,9-10,12-14H2,1-4H3,(H,25,30). The van der Waals surface area contributed by atoms with E-state index in [1.807, 2.05) is 45.0 Å². The molecule has 4 rings (SSSR count). The molecule has 1 aromatic carbocycles. The Morgan fingerprint density at radius 3 is 2.65 bits per heavy atom. The molecule has 2 heterocycles. The molecule has 2 unspecified atom stereocenters. The van der Waals surface area contributed by atoms with Gasteiger partial charge in [0.1, 0.15) is 5.54 Å². The molecule has 0 radical (unpaired) electrons. The van der Waals surface area contributed by atoms with Gasteiger partial charge in [-0.25, -0.2) is 4.79 Å². The summed E-state index contributed by atoms with van der Waals surface area (Å²) < 4.78 is 7.31. The Labute approximate surface area is 182 Å². The highest BCUT2D eigenvalue weighted by Gasteiger charge is 2.52. The first kappa shape index (κ1) is 21.3. The second-order valence-corrected chi connectivity index (χ2v) is 8.73. The minimum absolute atomic E-state index is 0.0776. The van der Waals surface area contributed by atoms with Crippen LogP contribution < -0.4 is 5.32 Å². The number of imide groups is 1. The summed E-state index contributed by atoms with van der Waals surface area (Å²) in [7, 11) is 1.65. The van der Waals surface area contributed by atoms with Crippen LogP contribution in [-0.4, -0.2) is 53.0 Å². The number of aromatic nitrogens is 1. The molecule has 0 saturated carbocycles. The zero-order valence-electron chi connectivity index (χ0n) is 18.5. The average Bonchev–Trinajstić information content (AvgIpc) is 3.15. The third-order valence-electron chi connectivity index (χ3n) is 6.61. The number of nitrogens with zero attached hydrogens (tertiary/aromatic N) is 2. The Balaban J connectivity index is 1.54. The molecule has 3 amide bonds. The van der Waals surface area contributed by atoms with Crippen LogP contribution in [0.15, 0.2) is 30.3 Å². The van der Waals surface area contributed by atoms with Crippen LogP contribution in [0.4, 0.5) is 4.79 Å². The van der Waals surface area contributed by atoms with E-state index in [1.165, 1.54) is 5.56 Å². The number of Topliss-reactive ketones (excluding diaryl/α,β-unsaturated/α-hetero) is 1. The number of ether oxygens (including phenoxy) is 1. The maximum absolute atomic E-state index is 13.3. The van der Waals surface area contributed by atoms with Gasteiger partial charge in [-0.15, -0.1) is 0 Å². The van der Waals surface area contributed by atoms with Crippen molar-refractivity contribution in [2.45, 2.75) is 51.6 Å². The van der Waals surface area contributed by atoms with Crippen LogP contribution >= 0.6 is 0 Å². The lowest BCUT2D eigenvalue weighted by molar-refractivity contribution is -0.131. The molecule has 164 valence electrons. The third-order valence-corrected chi connectivity index (χ3v) is 6.61. The van der Waals surface area contributed by atoms with Gasteiger partial charge in [-0.2, -0.15) is 0 Å². The molecule has 31 heavy (non-hydrogen) atoms. The largest absolute Gasteiger partial charge is 0.383 e. The summed E-state index contributed by atoms with van der Waals surface area (Å²) in [5.74, 6) is -0.539. The van der Waals surface area contributed by atoms with E-state index in [4.69, 9.17) is 4.74 Å². The van der Waals surface area contributed by atoms with Crippen molar-refractivity contribution in [3.8, 4) is 0 Å². The van der Waals surface area contributed by atoms with Gasteiger partial charge in [0.15, 0.2) is 5.78 Å². The summed E-state index contributed by atoms with van der Waals surface area (Å²) >= 11 is 0. The number of nitrogens with one attached hydrogen (secondary N) is 1. The van der Waals surface area contributed by atoms with Crippen molar-refractivity contribution in [3.05, 3.63) is 58.4 Å². The van der Waals surface area contributed by atoms with E-state index in [0.29, 0.717) is 25.0 Å². The summed E-state index contributed by atoms with van der Waals surface area (Å²) in [5, 5.41) is 2.90. The summed E-state index contributed by atoms with van der Waals surface area (Å²) in [4.78, 5) is 40.2. The monoisotopic (exact) mass is 423 g/mol. The summed E-state index contributed by atoms with van der Waals surface area (Å²) in [5.41, 5.74) is 3.64. The number of amides is 3. The Hall–Kier alpha value is -2.93. The maximum Gasteiger partial charge on any atom is 0.325 e. The average molecular weight is 424 g/mol. The lowest BCUT2D eigenvalue weighted by atomic mass is 9.78. The lowest BCUT2D eigenvalue weighted by Gasteiger charge is -2.32. The molecule has 2 aliphatic rings. The van der Waals surface area contributed by atoms with E-state index in [1.54, 1.807) is 7.11 Å². The first-order chi connectivity index (χ1) is 14.8. The molecule has 2 aromatic rings. The smallest absolute Gasteiger partial charge is 0.325 e. The zero-order chi connectivity index (χ0) is 22.3. The fourth-order valence-corrected chi connectivity index (χ4v) is 5.13. The Morgan fingerprint density at radius 1 is 1.23 bits per heavy atom. The molecule has 1 saturated heterocycles. The summed E-state index contributed by atoms with van der Waals surface area (Å²) in [6.45, 7) is 6.13. The van der Waals surface area contributed by atoms with E-state index in [-0.39, 0.29) is 24.3 Å². The first-order valence-corrected chi connectivity index (χ1v) is 10.7. The van der Waals surface area contributed by atoms with Gasteiger partial charge in [0.25, 0.3) is 5.91 Å². The van der Waals surface area contributed by atoms with E-state index < -0.39 is 11.6 Å². The van der Waals surface area contributed by atoms with Crippen LogP contribution in [-0.2, 0) is 22.4 Å². The highest BCUT2D eigenvalue weighted by Crippen LogP contribution is 2.34. The van der Waals surface area contributed by atoms with Gasteiger partial charge in [-0.05, 0) is 50.8 Å². The minimum atomic E-state index is -0.949. The fourth-order valence-electron chi connectivity index (χ4n) is 5.13. The van der Waals surface area contributed by atoms with E-state index >= 15 is 0 Å². The Morgan fingerprint density at radius 2 is 1.94 bits per heavy atom. The van der Waals surface area contributed by atoms with Crippen molar-refractivity contribution in [2.75, 3.05) is 20.3 Å². The van der Waals surface area contributed by atoms with Gasteiger partial charge in [-0.3, -0.25) is 14.5 Å². The van der Waals surface area contributed by atoms with E-state index in [0.717, 1.165) is 28.3 Å². The van der Waals surface area contributed by atoms with Gasteiger partial charge >= 0.3 is 6.03 Å². The number of hydrogen-bond donors (Lipinski definition) is 1. The number of methoxy groups -OCH3 is 1. The Kier molecular flexibility index (Phi) is 5.47. The van der Waals surface area contributed by atoms with Crippen LogP contribution in [0.1, 0.15) is 52.3 Å². The number of fused-ring (bicyclic) bond motifs is 1. The maximum atomic E-state index is 13.3. The van der Waals surface area contributed by atoms with Gasteiger partial charge in [-0.1, -0.05) is 24.3 Å². The van der Waals surface area contributed by atoms with Crippen molar-refractivity contribution in [1.82, 2.24) is 14.8 Å². The van der Waals surface area contributed by atoms with Crippen molar-refractivity contribution in [3.63, 3.8) is 0 Å². The lowest BCUT2D eigenvalue weighted by Crippen LogP contribution is -2.51.